The molecular weight excluding hydrogens is 380 g/mol. The molecule has 1 aliphatic heterocycles. The Balaban J connectivity index is 2.18. The number of benzene rings is 1. The first-order chi connectivity index (χ1) is 12.9. The smallest absolute Gasteiger partial charge is 0.255 e. The zero-order valence-electron chi connectivity index (χ0n) is 16.7. The van der Waals surface area contributed by atoms with Gasteiger partial charge in [0.25, 0.3) is 5.91 Å². The fraction of sp³-hybridized carbons (Fsp3) is 0.650. The predicted octanol–water partition coefficient (Wildman–Crippen LogP) is 4.14. The Morgan fingerprint density at radius 2 is 1.96 bits per heavy atom. The fourth-order valence-electron chi connectivity index (χ4n) is 3.37. The van der Waals surface area contributed by atoms with E-state index in [0.717, 1.165) is 56.5 Å². The van der Waals surface area contributed by atoms with E-state index in [0.29, 0.717) is 18.0 Å². The predicted molar refractivity (Wildman–Crippen MR) is 112 cm³/mol. The number of nitrogens with one attached hydrogen (secondary N) is 1. The SMILES string of the molecule is CCCC[C@H](CC)CNS(=O)(=O)c1ccc(SC)c(C(=O)N2CCCC2)c1. The quantitative estimate of drug-likeness (QED) is 0.587. The van der Waals surface area contributed by atoms with E-state index in [1.54, 1.807) is 18.2 Å². The molecule has 1 aromatic rings. The summed E-state index contributed by atoms with van der Waals surface area (Å²) in [6, 6.07) is 4.89. The lowest BCUT2D eigenvalue weighted by Gasteiger charge is -2.19. The number of likely N-dealkylation sites (tertiary alicyclic amines) is 1. The van der Waals surface area contributed by atoms with Gasteiger partial charge in [0.15, 0.2) is 0 Å². The van der Waals surface area contributed by atoms with Gasteiger partial charge < -0.3 is 4.90 Å². The number of nitrogens with zero attached hydrogens (tertiary/aromatic N) is 1. The van der Waals surface area contributed by atoms with Gasteiger partial charge in [-0.25, -0.2) is 13.1 Å². The second-order valence-electron chi connectivity index (χ2n) is 7.13. The van der Waals surface area contributed by atoms with Gasteiger partial charge in [0.2, 0.25) is 10.0 Å². The summed E-state index contributed by atoms with van der Waals surface area (Å²) in [4.78, 5) is 15.6. The highest BCUT2D eigenvalue weighted by Crippen LogP contribution is 2.26. The van der Waals surface area contributed by atoms with Crippen LogP contribution in [-0.4, -0.2) is 45.1 Å². The number of hydrogen-bond donors (Lipinski definition) is 1. The summed E-state index contributed by atoms with van der Waals surface area (Å²) in [6.45, 7) is 6.17. The van der Waals surface area contributed by atoms with Gasteiger partial charge in [0.05, 0.1) is 10.5 Å². The third kappa shape index (κ3) is 5.96. The number of hydrogen-bond acceptors (Lipinski definition) is 4. The highest BCUT2D eigenvalue weighted by atomic mass is 32.2. The molecule has 1 atom stereocenters. The minimum Gasteiger partial charge on any atom is -0.339 e. The molecule has 1 N–H and O–H groups in total. The standard InChI is InChI=1S/C20H32N2O3S2/c1-4-6-9-16(5-2)15-21-27(24,25)17-10-11-19(26-3)18(14-17)20(23)22-12-7-8-13-22/h10-11,14,16,21H,4-9,12-13,15H2,1-3H3/t16-/m0/s1. The normalized spacial score (nSPS) is 15.9. The molecule has 0 aliphatic carbocycles. The average Bonchev–Trinajstić information content (AvgIpc) is 3.21. The zero-order valence-corrected chi connectivity index (χ0v) is 18.3. The number of carbonyl (C=O) groups excluding carboxylic acids is 1. The Labute approximate surface area is 168 Å². The van der Waals surface area contributed by atoms with Gasteiger partial charge in [-0.1, -0.05) is 33.1 Å². The van der Waals surface area contributed by atoms with Crippen LogP contribution >= 0.6 is 11.8 Å². The van der Waals surface area contributed by atoms with Crippen LogP contribution < -0.4 is 4.72 Å². The summed E-state index contributed by atoms with van der Waals surface area (Å²) in [7, 11) is -3.62. The van der Waals surface area contributed by atoms with Crippen molar-refractivity contribution in [3.05, 3.63) is 23.8 Å². The number of carbonyl (C=O) groups is 1. The third-order valence-corrected chi connectivity index (χ3v) is 7.43. The van der Waals surface area contributed by atoms with Gasteiger partial charge in [0, 0.05) is 24.5 Å². The minimum atomic E-state index is -3.62. The molecule has 1 aromatic carbocycles. The first-order valence-corrected chi connectivity index (χ1v) is 12.6. The van der Waals surface area contributed by atoms with E-state index >= 15 is 0 Å². The Hall–Kier alpha value is -1.05. The molecule has 7 heteroatoms. The first kappa shape index (κ1) is 22.2. The lowest BCUT2D eigenvalue weighted by atomic mass is 10.00. The van der Waals surface area contributed by atoms with E-state index in [4.69, 9.17) is 0 Å². The highest BCUT2D eigenvalue weighted by molar-refractivity contribution is 7.98. The number of thioether (sulfide) groups is 1. The monoisotopic (exact) mass is 412 g/mol. The Bertz CT molecular complexity index is 729. The maximum absolute atomic E-state index is 12.8. The lowest BCUT2D eigenvalue weighted by molar-refractivity contribution is 0.0789. The second-order valence-corrected chi connectivity index (χ2v) is 9.74. The van der Waals surface area contributed by atoms with Crippen LogP contribution in [0, 0.1) is 5.92 Å². The van der Waals surface area contributed by atoms with Gasteiger partial charge in [-0.05, 0) is 49.6 Å². The molecule has 1 saturated heterocycles. The van der Waals surface area contributed by atoms with Crippen LogP contribution in [0.2, 0.25) is 0 Å². The minimum absolute atomic E-state index is 0.0664. The van der Waals surface area contributed by atoms with E-state index in [9.17, 15) is 13.2 Å². The lowest BCUT2D eigenvalue weighted by Crippen LogP contribution is -2.30. The van der Waals surface area contributed by atoms with E-state index in [1.807, 2.05) is 11.2 Å². The molecule has 0 saturated carbocycles. The number of rotatable bonds is 10. The van der Waals surface area contributed by atoms with Crippen molar-refractivity contribution in [1.82, 2.24) is 9.62 Å². The fourth-order valence-corrected chi connectivity index (χ4v) is 5.08. The van der Waals surface area contributed by atoms with Gasteiger partial charge >= 0.3 is 0 Å². The Morgan fingerprint density at radius 1 is 1.26 bits per heavy atom. The van der Waals surface area contributed by atoms with Crippen molar-refractivity contribution >= 4 is 27.7 Å². The summed E-state index contributed by atoms with van der Waals surface area (Å²) < 4.78 is 28.3. The van der Waals surface area contributed by atoms with Gasteiger partial charge in [-0.2, -0.15) is 0 Å². The molecule has 1 fully saturated rings. The summed E-state index contributed by atoms with van der Waals surface area (Å²) in [5.41, 5.74) is 0.491. The van der Waals surface area contributed by atoms with Crippen molar-refractivity contribution in [2.45, 2.75) is 62.2 Å². The number of unbranched alkanes of at least 4 members (excludes halogenated alkanes) is 1. The molecule has 2 rings (SSSR count). The van der Waals surface area contributed by atoms with E-state index in [2.05, 4.69) is 18.6 Å². The van der Waals surface area contributed by atoms with Gasteiger partial charge in [-0.15, -0.1) is 11.8 Å². The maximum Gasteiger partial charge on any atom is 0.255 e. The van der Waals surface area contributed by atoms with Crippen LogP contribution in [0.15, 0.2) is 28.0 Å². The molecule has 1 amide bonds. The molecule has 0 radical (unpaired) electrons. The molecule has 0 spiro atoms. The van der Waals surface area contributed by atoms with E-state index < -0.39 is 10.0 Å². The molecule has 1 heterocycles. The maximum atomic E-state index is 12.8. The third-order valence-electron chi connectivity index (χ3n) is 5.21. The van der Waals surface area contributed by atoms with Gasteiger partial charge in [0.1, 0.15) is 0 Å². The van der Waals surface area contributed by atoms with Crippen LogP contribution in [0.5, 0.6) is 0 Å². The molecule has 27 heavy (non-hydrogen) atoms. The van der Waals surface area contributed by atoms with E-state index in [1.165, 1.54) is 11.8 Å². The molecule has 5 nitrogen and oxygen atoms in total. The topological polar surface area (TPSA) is 66.5 Å². The molecular formula is C20H32N2O3S2. The average molecular weight is 413 g/mol. The number of sulfonamides is 1. The van der Waals surface area contributed by atoms with E-state index in [-0.39, 0.29) is 10.8 Å². The van der Waals surface area contributed by atoms with Crippen LogP contribution in [-0.2, 0) is 10.0 Å². The van der Waals surface area contributed by atoms with Crippen molar-refractivity contribution in [3.8, 4) is 0 Å². The van der Waals surface area contributed by atoms with Crippen LogP contribution in [0.3, 0.4) is 0 Å². The Morgan fingerprint density at radius 3 is 2.56 bits per heavy atom. The molecule has 0 bridgehead atoms. The van der Waals surface area contributed by atoms with Crippen molar-refractivity contribution < 1.29 is 13.2 Å². The van der Waals surface area contributed by atoms with Crippen molar-refractivity contribution in [3.63, 3.8) is 0 Å². The summed E-state index contributed by atoms with van der Waals surface area (Å²) in [5, 5.41) is 0. The molecule has 1 aliphatic rings. The highest BCUT2D eigenvalue weighted by Gasteiger charge is 2.24. The van der Waals surface area contributed by atoms with Crippen molar-refractivity contribution in [2.24, 2.45) is 5.92 Å². The molecule has 152 valence electrons. The van der Waals surface area contributed by atoms with Crippen LogP contribution in [0.1, 0.15) is 62.7 Å². The van der Waals surface area contributed by atoms with Crippen LogP contribution in [0.25, 0.3) is 0 Å². The van der Waals surface area contributed by atoms with Crippen molar-refractivity contribution in [1.29, 1.82) is 0 Å². The zero-order chi connectivity index (χ0) is 19.9. The molecule has 0 aromatic heterocycles. The Kier molecular flexibility index (Phi) is 8.63. The van der Waals surface area contributed by atoms with Gasteiger partial charge in [-0.3, -0.25) is 4.79 Å². The van der Waals surface area contributed by atoms with Crippen molar-refractivity contribution in [2.75, 3.05) is 25.9 Å². The largest absolute Gasteiger partial charge is 0.339 e. The number of amides is 1. The summed E-state index contributed by atoms with van der Waals surface area (Å²) in [5.74, 6) is 0.277. The second kappa shape index (κ2) is 10.5. The molecule has 0 unspecified atom stereocenters. The summed E-state index contributed by atoms with van der Waals surface area (Å²) >= 11 is 1.47. The first-order valence-electron chi connectivity index (χ1n) is 9.89. The van der Waals surface area contributed by atoms with Crippen LogP contribution in [0.4, 0.5) is 0 Å². The summed E-state index contributed by atoms with van der Waals surface area (Å²) in [6.07, 6.45) is 8.12.